The van der Waals surface area contributed by atoms with Crippen LogP contribution in [0.15, 0.2) is 59.5 Å². The number of hydrogen-bond donors (Lipinski definition) is 2. The van der Waals surface area contributed by atoms with Gasteiger partial charge in [-0.15, -0.1) is 0 Å². The van der Waals surface area contributed by atoms with E-state index in [1.165, 1.54) is 0 Å². The van der Waals surface area contributed by atoms with E-state index in [4.69, 9.17) is 5.73 Å². The fraction of sp³-hybridized carbons (Fsp3) is 0.278. The Balaban J connectivity index is 2.16. The average Bonchev–Trinajstić information content (AvgIpc) is 2.55. The first-order valence-electron chi connectivity index (χ1n) is 7.79. The number of rotatable bonds is 7. The van der Waals surface area contributed by atoms with Crippen LogP contribution < -0.4 is 11.1 Å². The molecule has 0 aliphatic heterocycles. The van der Waals surface area contributed by atoms with Crippen LogP contribution >= 0.6 is 0 Å². The van der Waals surface area contributed by atoms with E-state index >= 15 is 0 Å². The highest BCUT2D eigenvalue weighted by atomic mass is 32.2. The molecule has 128 valence electrons. The van der Waals surface area contributed by atoms with E-state index in [1.807, 2.05) is 6.92 Å². The fourth-order valence-corrected chi connectivity index (χ4v) is 3.66. The lowest BCUT2D eigenvalue weighted by molar-refractivity contribution is -0.116. The van der Waals surface area contributed by atoms with Gasteiger partial charge in [-0.25, -0.2) is 8.42 Å². The maximum absolute atomic E-state index is 12.5. The third kappa shape index (κ3) is 5.18. The van der Waals surface area contributed by atoms with Gasteiger partial charge in [0.1, 0.15) is 0 Å². The molecule has 2 rings (SSSR count). The summed E-state index contributed by atoms with van der Waals surface area (Å²) < 4.78 is 25.1. The van der Waals surface area contributed by atoms with Crippen molar-refractivity contribution in [2.45, 2.75) is 36.5 Å². The van der Waals surface area contributed by atoms with Gasteiger partial charge in [-0.05, 0) is 37.1 Å². The Morgan fingerprint density at radius 2 is 1.71 bits per heavy atom. The normalized spacial score (nSPS) is 12.6. The maximum Gasteiger partial charge on any atom is 0.224 e. The number of anilines is 1. The molecule has 24 heavy (non-hydrogen) atoms. The molecular weight excluding hydrogens is 324 g/mol. The molecule has 5 nitrogen and oxygen atoms in total. The SMILES string of the molecule is CC(N)CCC(=O)Nc1ccccc1CS(=O)(=O)c1ccccc1. The third-order valence-corrected chi connectivity index (χ3v) is 5.25. The third-order valence-electron chi connectivity index (χ3n) is 3.57. The van der Waals surface area contributed by atoms with Crippen LogP contribution in [0.25, 0.3) is 0 Å². The van der Waals surface area contributed by atoms with E-state index in [0.29, 0.717) is 24.1 Å². The first-order chi connectivity index (χ1) is 11.4. The predicted molar refractivity (Wildman–Crippen MR) is 95.3 cm³/mol. The van der Waals surface area contributed by atoms with Crippen LogP contribution in [-0.2, 0) is 20.4 Å². The van der Waals surface area contributed by atoms with Gasteiger partial charge in [0.25, 0.3) is 0 Å². The molecule has 0 bridgehead atoms. The molecule has 0 radical (unpaired) electrons. The lowest BCUT2D eigenvalue weighted by Gasteiger charge is -2.12. The summed E-state index contributed by atoms with van der Waals surface area (Å²) in [7, 11) is -3.47. The Morgan fingerprint density at radius 1 is 1.08 bits per heavy atom. The zero-order valence-electron chi connectivity index (χ0n) is 13.6. The minimum Gasteiger partial charge on any atom is -0.328 e. The summed E-state index contributed by atoms with van der Waals surface area (Å²) in [6.45, 7) is 1.84. The molecule has 0 aliphatic carbocycles. The molecule has 1 amide bonds. The van der Waals surface area contributed by atoms with Crippen molar-refractivity contribution < 1.29 is 13.2 Å². The summed E-state index contributed by atoms with van der Waals surface area (Å²) in [5.74, 6) is -0.335. The van der Waals surface area contributed by atoms with Gasteiger partial charge in [0, 0.05) is 18.2 Å². The lowest BCUT2D eigenvalue weighted by Crippen LogP contribution is -2.20. The van der Waals surface area contributed by atoms with Crippen LogP contribution in [0, 0.1) is 0 Å². The molecule has 6 heteroatoms. The maximum atomic E-state index is 12.5. The largest absolute Gasteiger partial charge is 0.328 e. The Labute approximate surface area is 142 Å². The second-order valence-electron chi connectivity index (χ2n) is 5.79. The van der Waals surface area contributed by atoms with Crippen LogP contribution in [0.2, 0.25) is 0 Å². The average molecular weight is 346 g/mol. The van der Waals surface area contributed by atoms with Crippen molar-refractivity contribution in [1.29, 1.82) is 0 Å². The number of carbonyl (C=O) groups excluding carboxylic acids is 1. The van der Waals surface area contributed by atoms with Crippen LogP contribution in [0.4, 0.5) is 5.69 Å². The molecule has 0 fully saturated rings. The monoisotopic (exact) mass is 346 g/mol. The summed E-state index contributed by atoms with van der Waals surface area (Å²) in [5, 5.41) is 2.78. The number of amides is 1. The second kappa shape index (κ2) is 8.08. The summed E-state index contributed by atoms with van der Waals surface area (Å²) in [5.41, 5.74) is 6.74. The quantitative estimate of drug-likeness (QED) is 0.807. The van der Waals surface area contributed by atoms with Crippen LogP contribution in [0.5, 0.6) is 0 Å². The van der Waals surface area contributed by atoms with E-state index in [2.05, 4.69) is 5.32 Å². The molecule has 0 spiro atoms. The van der Waals surface area contributed by atoms with Gasteiger partial charge in [-0.1, -0.05) is 36.4 Å². The fourth-order valence-electron chi connectivity index (χ4n) is 2.26. The summed E-state index contributed by atoms with van der Waals surface area (Å²) >= 11 is 0. The molecule has 2 aromatic carbocycles. The molecule has 0 aliphatic rings. The summed E-state index contributed by atoms with van der Waals surface area (Å²) in [6, 6.07) is 15.2. The van der Waals surface area contributed by atoms with Gasteiger partial charge in [0.15, 0.2) is 9.84 Å². The van der Waals surface area contributed by atoms with Gasteiger partial charge in [-0.2, -0.15) is 0 Å². The van der Waals surface area contributed by atoms with Crippen molar-refractivity contribution in [1.82, 2.24) is 0 Å². The minimum atomic E-state index is -3.47. The van der Waals surface area contributed by atoms with Gasteiger partial charge < -0.3 is 11.1 Å². The highest BCUT2D eigenvalue weighted by Crippen LogP contribution is 2.22. The number of benzene rings is 2. The van der Waals surface area contributed by atoms with Crippen molar-refractivity contribution in [2.75, 3.05) is 5.32 Å². The number of hydrogen-bond acceptors (Lipinski definition) is 4. The first-order valence-corrected chi connectivity index (χ1v) is 9.45. The van der Waals surface area contributed by atoms with Gasteiger partial charge in [0.2, 0.25) is 5.91 Å². The van der Waals surface area contributed by atoms with Crippen molar-refractivity contribution in [2.24, 2.45) is 5.73 Å². The van der Waals surface area contributed by atoms with E-state index in [9.17, 15) is 13.2 Å². The molecule has 3 N–H and O–H groups in total. The Hall–Kier alpha value is -2.18. The zero-order valence-corrected chi connectivity index (χ0v) is 14.4. The highest BCUT2D eigenvalue weighted by Gasteiger charge is 2.17. The van der Waals surface area contributed by atoms with E-state index in [-0.39, 0.29) is 22.6 Å². The van der Waals surface area contributed by atoms with Crippen LogP contribution in [-0.4, -0.2) is 20.4 Å². The molecule has 1 unspecified atom stereocenters. The highest BCUT2D eigenvalue weighted by molar-refractivity contribution is 7.90. The molecule has 0 aromatic heterocycles. The van der Waals surface area contributed by atoms with E-state index in [0.717, 1.165) is 0 Å². The number of nitrogens with one attached hydrogen (secondary N) is 1. The number of nitrogens with two attached hydrogens (primary N) is 1. The smallest absolute Gasteiger partial charge is 0.224 e. The summed E-state index contributed by atoms with van der Waals surface area (Å²) in [6.07, 6.45) is 0.883. The van der Waals surface area contributed by atoms with Gasteiger partial charge >= 0.3 is 0 Å². The Morgan fingerprint density at radius 3 is 2.38 bits per heavy atom. The lowest BCUT2D eigenvalue weighted by atomic mass is 10.1. The zero-order chi connectivity index (χ0) is 17.6. The molecule has 0 heterocycles. The van der Waals surface area contributed by atoms with E-state index < -0.39 is 9.84 Å². The van der Waals surface area contributed by atoms with Crippen molar-refractivity contribution in [3.63, 3.8) is 0 Å². The standard InChI is InChI=1S/C18H22N2O3S/c1-14(19)11-12-18(21)20-17-10-6-5-7-15(17)13-24(22,23)16-8-3-2-4-9-16/h2-10,14H,11-13,19H2,1H3,(H,20,21). The van der Waals surface area contributed by atoms with E-state index in [1.54, 1.807) is 54.6 Å². The number of para-hydroxylation sites is 1. The topological polar surface area (TPSA) is 89.3 Å². The Bertz CT molecular complexity index is 787. The van der Waals surface area contributed by atoms with Crippen LogP contribution in [0.3, 0.4) is 0 Å². The van der Waals surface area contributed by atoms with Crippen LogP contribution in [0.1, 0.15) is 25.3 Å². The first kappa shape index (κ1) is 18.2. The predicted octanol–water partition coefficient (Wildman–Crippen LogP) is 2.73. The van der Waals surface area contributed by atoms with Gasteiger partial charge in [-0.3, -0.25) is 4.79 Å². The molecule has 2 aromatic rings. The molecule has 0 saturated carbocycles. The number of carbonyl (C=O) groups is 1. The summed E-state index contributed by atoms with van der Waals surface area (Å²) in [4.78, 5) is 12.3. The van der Waals surface area contributed by atoms with Gasteiger partial charge in [0.05, 0.1) is 10.6 Å². The Kier molecular flexibility index (Phi) is 6.11. The minimum absolute atomic E-state index is 0.0514. The molecular formula is C18H22N2O3S. The van der Waals surface area contributed by atoms with Crippen molar-refractivity contribution in [3.8, 4) is 0 Å². The molecule has 0 saturated heterocycles. The second-order valence-corrected chi connectivity index (χ2v) is 7.78. The van der Waals surface area contributed by atoms with Crippen molar-refractivity contribution in [3.05, 3.63) is 60.2 Å². The van der Waals surface area contributed by atoms with Crippen molar-refractivity contribution >= 4 is 21.4 Å². The number of sulfone groups is 1. The molecule has 1 atom stereocenters.